The number of carbonyl (C=O) groups excluding carboxylic acids is 1. The predicted molar refractivity (Wildman–Crippen MR) is 110 cm³/mol. The van der Waals surface area contributed by atoms with Crippen LogP contribution in [0.1, 0.15) is 5.56 Å². The van der Waals surface area contributed by atoms with Crippen LogP contribution in [0.15, 0.2) is 78.8 Å². The number of nitrogens with two attached hydrogens (primary N) is 1. The monoisotopic (exact) mass is 370 g/mol. The molecule has 1 amide bonds. The van der Waals surface area contributed by atoms with Gasteiger partial charge in [-0.1, -0.05) is 24.3 Å². The number of nitrogens with one attached hydrogen (secondary N) is 2. The molecule has 0 bridgehead atoms. The van der Waals surface area contributed by atoms with Gasteiger partial charge in [-0.25, -0.2) is 4.98 Å². The van der Waals surface area contributed by atoms with E-state index in [1.807, 2.05) is 42.6 Å². The number of rotatable bonds is 4. The van der Waals surface area contributed by atoms with Crippen molar-refractivity contribution in [2.24, 2.45) is 5.73 Å². The molecule has 5 N–H and O–H groups in total. The second-order valence-corrected chi connectivity index (χ2v) is 6.32. The lowest BCUT2D eigenvalue weighted by Gasteiger charge is -2.08. The van der Waals surface area contributed by atoms with E-state index in [0.29, 0.717) is 5.69 Å². The number of hydrogen-bond acceptors (Lipinski definition) is 4. The number of carbonyl (C=O) groups is 1. The maximum absolute atomic E-state index is 12.3. The molecule has 4 aromatic rings. The third-order valence-corrected chi connectivity index (χ3v) is 4.39. The zero-order chi connectivity index (χ0) is 19.5. The van der Waals surface area contributed by atoms with Crippen molar-refractivity contribution in [3.05, 3.63) is 84.3 Å². The highest BCUT2D eigenvalue weighted by Crippen LogP contribution is 2.27. The molecule has 0 aliphatic carbocycles. The smallest absolute Gasteiger partial charge is 0.271 e. The molecule has 6 heteroatoms. The highest BCUT2D eigenvalue weighted by Gasteiger charge is 2.08. The van der Waals surface area contributed by atoms with E-state index < -0.39 is 5.91 Å². The lowest BCUT2D eigenvalue weighted by molar-refractivity contribution is -0.112. The molecular weight excluding hydrogens is 352 g/mol. The van der Waals surface area contributed by atoms with Gasteiger partial charge in [-0.05, 0) is 59.2 Å². The molecule has 2 heterocycles. The zero-order valence-corrected chi connectivity index (χ0v) is 14.9. The maximum atomic E-state index is 12.3. The van der Waals surface area contributed by atoms with E-state index in [0.717, 1.165) is 27.7 Å². The second-order valence-electron chi connectivity index (χ2n) is 6.32. The summed E-state index contributed by atoms with van der Waals surface area (Å²) in [5.74, 6) is -0.232. The summed E-state index contributed by atoms with van der Waals surface area (Å²) in [4.78, 5) is 19.7. The first-order valence-electron chi connectivity index (χ1n) is 8.70. The van der Waals surface area contributed by atoms with Gasteiger partial charge in [-0.3, -0.25) is 4.79 Å². The van der Waals surface area contributed by atoms with Crippen molar-refractivity contribution in [2.45, 2.75) is 0 Å². The highest BCUT2D eigenvalue weighted by atomic mass is 16.3. The van der Waals surface area contributed by atoms with E-state index in [-0.39, 0.29) is 11.4 Å². The Hall–Kier alpha value is -4.06. The molecule has 0 saturated carbocycles. The topological polar surface area (TPSA) is 104 Å². The molecule has 6 nitrogen and oxygen atoms in total. The van der Waals surface area contributed by atoms with E-state index in [1.54, 1.807) is 24.4 Å². The number of phenolic OH excluding ortho intramolecular Hbond substituents is 1. The fraction of sp³-hybridized carbons (Fsp3) is 0. The number of aromatic hydroxyl groups is 1. The van der Waals surface area contributed by atoms with Gasteiger partial charge in [0, 0.05) is 23.5 Å². The summed E-state index contributed by atoms with van der Waals surface area (Å²) >= 11 is 0. The van der Waals surface area contributed by atoms with Crippen molar-refractivity contribution < 1.29 is 9.90 Å². The molecule has 0 saturated heterocycles. The van der Waals surface area contributed by atoms with E-state index in [9.17, 15) is 9.90 Å². The number of benzene rings is 2. The summed E-state index contributed by atoms with van der Waals surface area (Å²) in [6, 6.07) is 17.9. The maximum Gasteiger partial charge on any atom is 0.271 e. The predicted octanol–water partition coefficient (Wildman–Crippen LogP) is 3.87. The van der Waals surface area contributed by atoms with Gasteiger partial charge in [-0.15, -0.1) is 0 Å². The number of hydrogen-bond donors (Lipinski definition) is 4. The summed E-state index contributed by atoms with van der Waals surface area (Å²) in [6.45, 7) is 0. The Morgan fingerprint density at radius 3 is 2.54 bits per heavy atom. The standard InChI is InChI=1S/C22H18N4O2/c23-20(13-14-1-7-17(27)8-2-14)22(28)26-16-5-3-15(4-6-16)18-9-11-24-21-19(18)10-12-25-21/h1-13,27H,23H2,(H,24,25)(H,26,28). The third-order valence-electron chi connectivity index (χ3n) is 4.39. The number of pyridine rings is 1. The Morgan fingerprint density at radius 2 is 1.79 bits per heavy atom. The Morgan fingerprint density at radius 1 is 1.04 bits per heavy atom. The van der Waals surface area contributed by atoms with Crippen LogP contribution < -0.4 is 11.1 Å². The van der Waals surface area contributed by atoms with Crippen LogP contribution in [-0.4, -0.2) is 21.0 Å². The van der Waals surface area contributed by atoms with E-state index in [2.05, 4.69) is 15.3 Å². The summed E-state index contributed by atoms with van der Waals surface area (Å²) in [5, 5.41) is 13.1. The van der Waals surface area contributed by atoms with Crippen molar-refractivity contribution >= 4 is 28.7 Å². The fourth-order valence-corrected chi connectivity index (χ4v) is 2.96. The number of amides is 1. The molecular formula is C22H18N4O2. The Bertz CT molecular complexity index is 1160. The Balaban J connectivity index is 1.50. The highest BCUT2D eigenvalue weighted by molar-refractivity contribution is 6.06. The lowest BCUT2D eigenvalue weighted by atomic mass is 10.0. The molecule has 0 aliphatic heterocycles. The van der Waals surface area contributed by atoms with Gasteiger partial charge in [0.25, 0.3) is 5.91 Å². The second kappa shape index (κ2) is 7.28. The Labute approximate surface area is 161 Å². The molecule has 138 valence electrons. The molecule has 0 unspecified atom stereocenters. The molecule has 2 aromatic heterocycles. The largest absolute Gasteiger partial charge is 0.508 e. The molecule has 0 aliphatic rings. The first-order chi connectivity index (χ1) is 13.6. The van der Waals surface area contributed by atoms with Crippen LogP contribution in [0.5, 0.6) is 5.75 Å². The first-order valence-corrected chi connectivity index (χ1v) is 8.70. The molecule has 4 rings (SSSR count). The number of anilines is 1. The van der Waals surface area contributed by atoms with Crippen LogP contribution in [0, 0.1) is 0 Å². The number of phenols is 1. The van der Waals surface area contributed by atoms with E-state index in [1.165, 1.54) is 12.1 Å². The van der Waals surface area contributed by atoms with Gasteiger partial charge >= 0.3 is 0 Å². The average molecular weight is 370 g/mol. The van der Waals surface area contributed by atoms with Crippen molar-refractivity contribution in [3.63, 3.8) is 0 Å². The van der Waals surface area contributed by atoms with Gasteiger partial charge in [0.15, 0.2) is 0 Å². The summed E-state index contributed by atoms with van der Waals surface area (Å²) in [7, 11) is 0. The molecule has 0 spiro atoms. The third kappa shape index (κ3) is 3.57. The van der Waals surface area contributed by atoms with Gasteiger partial charge < -0.3 is 21.1 Å². The van der Waals surface area contributed by atoms with Gasteiger partial charge in [0.05, 0.1) is 5.70 Å². The number of H-pyrrole nitrogens is 1. The molecule has 2 aromatic carbocycles. The number of nitrogens with zero attached hydrogens (tertiary/aromatic N) is 1. The minimum Gasteiger partial charge on any atom is -0.508 e. The van der Waals surface area contributed by atoms with Crippen LogP contribution >= 0.6 is 0 Å². The minimum atomic E-state index is -0.391. The fourth-order valence-electron chi connectivity index (χ4n) is 2.96. The minimum absolute atomic E-state index is 0.0814. The first kappa shape index (κ1) is 17.4. The Kier molecular flexibility index (Phi) is 4.51. The van der Waals surface area contributed by atoms with Crippen molar-refractivity contribution in [1.82, 2.24) is 9.97 Å². The van der Waals surface area contributed by atoms with Crippen LogP contribution in [-0.2, 0) is 4.79 Å². The van der Waals surface area contributed by atoms with Crippen molar-refractivity contribution in [2.75, 3.05) is 5.32 Å². The zero-order valence-electron chi connectivity index (χ0n) is 14.9. The quantitative estimate of drug-likeness (QED) is 0.409. The molecule has 0 fully saturated rings. The van der Waals surface area contributed by atoms with Crippen molar-refractivity contribution in [3.8, 4) is 16.9 Å². The summed E-state index contributed by atoms with van der Waals surface area (Å²) in [5.41, 5.74) is 10.3. The van der Waals surface area contributed by atoms with Gasteiger partial charge in [0.2, 0.25) is 0 Å². The molecule has 0 radical (unpaired) electrons. The van der Waals surface area contributed by atoms with Gasteiger partial charge in [0.1, 0.15) is 11.4 Å². The molecule has 28 heavy (non-hydrogen) atoms. The van der Waals surface area contributed by atoms with Gasteiger partial charge in [-0.2, -0.15) is 0 Å². The van der Waals surface area contributed by atoms with Crippen LogP contribution in [0.4, 0.5) is 5.69 Å². The van der Waals surface area contributed by atoms with E-state index in [4.69, 9.17) is 5.73 Å². The normalized spacial score (nSPS) is 11.5. The van der Waals surface area contributed by atoms with Crippen molar-refractivity contribution in [1.29, 1.82) is 0 Å². The van der Waals surface area contributed by atoms with Crippen LogP contribution in [0.2, 0.25) is 0 Å². The average Bonchev–Trinajstić information content (AvgIpc) is 3.19. The summed E-state index contributed by atoms with van der Waals surface area (Å²) in [6.07, 6.45) is 5.18. The van der Waals surface area contributed by atoms with E-state index >= 15 is 0 Å². The lowest BCUT2D eigenvalue weighted by Crippen LogP contribution is -2.19. The molecule has 0 atom stereocenters. The number of aromatic amines is 1. The van der Waals surface area contributed by atoms with Crippen LogP contribution in [0.25, 0.3) is 28.2 Å². The number of aromatic nitrogens is 2. The summed E-state index contributed by atoms with van der Waals surface area (Å²) < 4.78 is 0. The van der Waals surface area contributed by atoms with Crippen LogP contribution in [0.3, 0.4) is 0 Å². The number of fused-ring (bicyclic) bond motifs is 1. The SMILES string of the molecule is NC(=Cc1ccc(O)cc1)C(=O)Nc1ccc(-c2ccnc3[nH]ccc23)cc1.